The van der Waals surface area contributed by atoms with Crippen molar-refractivity contribution in [1.82, 2.24) is 19.9 Å². The van der Waals surface area contributed by atoms with Gasteiger partial charge in [0.05, 0.1) is 5.69 Å². The molecule has 0 radical (unpaired) electrons. The first kappa shape index (κ1) is 15.6. The van der Waals surface area contributed by atoms with E-state index in [1.54, 1.807) is 36.0 Å². The van der Waals surface area contributed by atoms with Crippen molar-refractivity contribution < 1.29 is 0 Å². The van der Waals surface area contributed by atoms with E-state index < -0.39 is 0 Å². The Labute approximate surface area is 139 Å². The number of thiazole rings is 1. The monoisotopic (exact) mass is 325 g/mol. The third-order valence-corrected chi connectivity index (χ3v) is 4.43. The van der Waals surface area contributed by atoms with Gasteiger partial charge in [0.2, 0.25) is 5.95 Å². The van der Waals surface area contributed by atoms with Crippen molar-refractivity contribution in [3.05, 3.63) is 47.7 Å². The highest BCUT2D eigenvalue weighted by atomic mass is 32.1. The van der Waals surface area contributed by atoms with E-state index in [1.165, 1.54) is 24.1 Å². The Kier molecular flexibility index (Phi) is 5.26. The minimum atomic E-state index is 0.564. The molecule has 118 valence electrons. The van der Waals surface area contributed by atoms with Gasteiger partial charge in [-0.1, -0.05) is 25.8 Å². The Hall–Kier alpha value is -2.34. The lowest BCUT2D eigenvalue weighted by Gasteiger charge is -2.00. The van der Waals surface area contributed by atoms with Crippen LogP contribution in [-0.4, -0.2) is 19.9 Å². The van der Waals surface area contributed by atoms with Crippen molar-refractivity contribution in [2.24, 2.45) is 0 Å². The van der Waals surface area contributed by atoms with Gasteiger partial charge in [0, 0.05) is 23.5 Å². The van der Waals surface area contributed by atoms with E-state index in [2.05, 4.69) is 27.2 Å². The fraction of sp³-hybridized carbons (Fsp3) is 0.294. The first-order chi connectivity index (χ1) is 11.4. The molecule has 3 aromatic heterocycles. The first-order valence-corrected chi connectivity index (χ1v) is 8.63. The Morgan fingerprint density at radius 2 is 1.83 bits per heavy atom. The molecule has 0 atom stereocenters. The number of anilines is 2. The molecule has 0 fully saturated rings. The number of hydrogen-bond donors (Lipinski definition) is 1. The number of nitrogens with one attached hydrogen (secondary N) is 1. The predicted octanol–water partition coefficient (Wildman–Crippen LogP) is 4.47. The third kappa shape index (κ3) is 4.10. The van der Waals surface area contributed by atoms with Crippen LogP contribution in [0.5, 0.6) is 0 Å². The smallest absolute Gasteiger partial charge is 0.228 e. The van der Waals surface area contributed by atoms with Crippen LogP contribution in [0.25, 0.3) is 11.4 Å². The summed E-state index contributed by atoms with van der Waals surface area (Å²) in [7, 11) is 0. The molecular formula is C17H19N5S. The standard InChI is InChI=1S/C17H19N5S/c1-2-3-4-9-14-15(13-8-5-6-10-18-13)21-17(23-14)22-16-19-11-7-12-20-16/h5-8,10-12H,2-4,9H2,1H3,(H,19,20,21,22). The summed E-state index contributed by atoms with van der Waals surface area (Å²) < 4.78 is 0. The van der Waals surface area contributed by atoms with E-state index in [-0.39, 0.29) is 0 Å². The second-order valence-electron chi connectivity index (χ2n) is 5.16. The lowest BCUT2D eigenvalue weighted by Crippen LogP contribution is -1.95. The van der Waals surface area contributed by atoms with Gasteiger partial charge in [-0.25, -0.2) is 15.0 Å². The van der Waals surface area contributed by atoms with E-state index in [4.69, 9.17) is 4.98 Å². The zero-order valence-electron chi connectivity index (χ0n) is 13.1. The van der Waals surface area contributed by atoms with Gasteiger partial charge in [0.1, 0.15) is 5.69 Å². The number of pyridine rings is 1. The van der Waals surface area contributed by atoms with Crippen LogP contribution in [0, 0.1) is 0 Å². The van der Waals surface area contributed by atoms with Gasteiger partial charge >= 0.3 is 0 Å². The summed E-state index contributed by atoms with van der Waals surface area (Å²) in [4.78, 5) is 18.8. The molecule has 0 aliphatic heterocycles. The maximum absolute atomic E-state index is 4.72. The van der Waals surface area contributed by atoms with Crippen LogP contribution in [0.1, 0.15) is 31.1 Å². The van der Waals surface area contributed by atoms with Gasteiger partial charge in [-0.15, -0.1) is 11.3 Å². The van der Waals surface area contributed by atoms with Crippen molar-refractivity contribution in [3.63, 3.8) is 0 Å². The molecule has 0 unspecified atom stereocenters. The van der Waals surface area contributed by atoms with Gasteiger partial charge in [-0.05, 0) is 31.0 Å². The van der Waals surface area contributed by atoms with Gasteiger partial charge in [-0.3, -0.25) is 4.98 Å². The minimum Gasteiger partial charge on any atom is -0.300 e. The van der Waals surface area contributed by atoms with Gasteiger partial charge in [-0.2, -0.15) is 0 Å². The first-order valence-electron chi connectivity index (χ1n) is 7.82. The van der Waals surface area contributed by atoms with Crippen LogP contribution in [0.15, 0.2) is 42.9 Å². The summed E-state index contributed by atoms with van der Waals surface area (Å²) in [6.07, 6.45) is 9.85. The highest BCUT2D eigenvalue weighted by Gasteiger charge is 2.14. The summed E-state index contributed by atoms with van der Waals surface area (Å²) in [5.74, 6) is 0.564. The molecule has 0 saturated carbocycles. The van der Waals surface area contributed by atoms with E-state index in [9.17, 15) is 0 Å². The molecule has 0 aliphatic carbocycles. The molecule has 0 amide bonds. The van der Waals surface area contributed by atoms with Crippen LogP contribution in [-0.2, 0) is 6.42 Å². The van der Waals surface area contributed by atoms with Crippen LogP contribution in [0.3, 0.4) is 0 Å². The molecule has 3 heterocycles. The van der Waals surface area contributed by atoms with Crippen LogP contribution in [0.4, 0.5) is 11.1 Å². The summed E-state index contributed by atoms with van der Waals surface area (Å²) >= 11 is 1.66. The average molecular weight is 325 g/mol. The molecule has 0 spiro atoms. The summed E-state index contributed by atoms with van der Waals surface area (Å²) in [6.45, 7) is 2.21. The van der Waals surface area contributed by atoms with Crippen molar-refractivity contribution >= 4 is 22.4 Å². The minimum absolute atomic E-state index is 0.564. The zero-order valence-corrected chi connectivity index (χ0v) is 13.9. The fourth-order valence-electron chi connectivity index (χ4n) is 2.27. The summed E-state index contributed by atoms with van der Waals surface area (Å²) in [5, 5.41) is 3.99. The Bertz CT molecular complexity index is 727. The maximum atomic E-state index is 4.72. The fourth-order valence-corrected chi connectivity index (χ4v) is 3.28. The molecule has 3 rings (SSSR count). The number of aryl methyl sites for hydroxylation is 1. The number of hydrogen-bond acceptors (Lipinski definition) is 6. The second kappa shape index (κ2) is 7.78. The van der Waals surface area contributed by atoms with Crippen molar-refractivity contribution in [1.29, 1.82) is 0 Å². The van der Waals surface area contributed by atoms with E-state index >= 15 is 0 Å². The van der Waals surface area contributed by atoms with Crippen molar-refractivity contribution in [2.75, 3.05) is 5.32 Å². The lowest BCUT2D eigenvalue weighted by molar-refractivity contribution is 0.722. The van der Waals surface area contributed by atoms with Gasteiger partial charge in [0.15, 0.2) is 5.13 Å². The predicted molar refractivity (Wildman–Crippen MR) is 93.9 cm³/mol. The van der Waals surface area contributed by atoms with E-state index in [0.29, 0.717) is 5.95 Å². The largest absolute Gasteiger partial charge is 0.300 e. The van der Waals surface area contributed by atoms with E-state index in [0.717, 1.165) is 22.9 Å². The Morgan fingerprint density at radius 3 is 2.57 bits per heavy atom. The molecule has 6 heteroatoms. The Morgan fingerprint density at radius 1 is 1.00 bits per heavy atom. The second-order valence-corrected chi connectivity index (χ2v) is 6.24. The maximum Gasteiger partial charge on any atom is 0.228 e. The van der Waals surface area contributed by atoms with Gasteiger partial charge < -0.3 is 5.32 Å². The van der Waals surface area contributed by atoms with Crippen LogP contribution < -0.4 is 5.32 Å². The van der Waals surface area contributed by atoms with Crippen LogP contribution >= 0.6 is 11.3 Å². The number of unbranched alkanes of at least 4 members (excludes halogenated alkanes) is 2. The Balaban J connectivity index is 1.86. The molecule has 0 aromatic carbocycles. The number of aromatic nitrogens is 4. The summed E-state index contributed by atoms with van der Waals surface area (Å²) in [6, 6.07) is 7.71. The molecular weight excluding hydrogens is 306 g/mol. The highest BCUT2D eigenvalue weighted by Crippen LogP contribution is 2.32. The zero-order chi connectivity index (χ0) is 15.9. The van der Waals surface area contributed by atoms with Crippen molar-refractivity contribution in [2.45, 2.75) is 32.6 Å². The molecule has 0 aliphatic rings. The number of rotatable bonds is 7. The van der Waals surface area contributed by atoms with Crippen LogP contribution in [0.2, 0.25) is 0 Å². The molecule has 23 heavy (non-hydrogen) atoms. The van der Waals surface area contributed by atoms with E-state index in [1.807, 2.05) is 18.2 Å². The molecule has 3 aromatic rings. The average Bonchev–Trinajstić information content (AvgIpc) is 2.99. The molecule has 5 nitrogen and oxygen atoms in total. The lowest BCUT2D eigenvalue weighted by atomic mass is 10.1. The SMILES string of the molecule is CCCCCc1sc(Nc2ncccn2)nc1-c1ccccn1. The third-order valence-electron chi connectivity index (χ3n) is 3.40. The van der Waals surface area contributed by atoms with Gasteiger partial charge in [0.25, 0.3) is 0 Å². The topological polar surface area (TPSA) is 63.6 Å². The molecule has 0 saturated heterocycles. The molecule has 0 bridgehead atoms. The number of nitrogens with zero attached hydrogens (tertiary/aromatic N) is 4. The highest BCUT2D eigenvalue weighted by molar-refractivity contribution is 7.16. The van der Waals surface area contributed by atoms with Crippen molar-refractivity contribution in [3.8, 4) is 11.4 Å². The molecule has 1 N–H and O–H groups in total. The normalized spacial score (nSPS) is 10.7. The quantitative estimate of drug-likeness (QED) is 0.649. The summed E-state index contributed by atoms with van der Waals surface area (Å²) in [5.41, 5.74) is 1.88.